The zero-order chi connectivity index (χ0) is 15.2. The lowest BCUT2D eigenvalue weighted by Gasteiger charge is -2.60. The Balaban J connectivity index is 1.43. The lowest BCUT2D eigenvalue weighted by molar-refractivity contribution is -0.127. The zero-order valence-corrected chi connectivity index (χ0v) is 12.6. The molecule has 1 heterocycles. The Morgan fingerprint density at radius 2 is 2.18 bits per heavy atom. The van der Waals surface area contributed by atoms with Gasteiger partial charge in [0, 0.05) is 35.3 Å². The number of nitrogens with two attached hydrogens (primary N) is 1. The molecule has 1 aromatic heterocycles. The van der Waals surface area contributed by atoms with Crippen LogP contribution in [0.5, 0.6) is 0 Å². The molecule has 2 fully saturated rings. The van der Waals surface area contributed by atoms with E-state index in [0.29, 0.717) is 6.42 Å². The molecule has 2 aliphatic carbocycles. The van der Waals surface area contributed by atoms with Crippen LogP contribution in [0.4, 0.5) is 0 Å². The molecule has 4 heteroatoms. The molecule has 22 heavy (non-hydrogen) atoms. The smallest absolute Gasteiger partial charge is 0.224 e. The largest absolute Gasteiger partial charge is 0.352 e. The third-order valence-corrected chi connectivity index (χ3v) is 5.61. The van der Waals surface area contributed by atoms with Gasteiger partial charge in [-0.1, -0.05) is 24.6 Å². The highest BCUT2D eigenvalue weighted by Gasteiger charge is 2.56. The standard InChI is InChI=1S/C18H21N3O/c19-15-10-16(18(15)5-1-6-18)21-17(22)9-12-2-3-14-11-20-7-4-13(14)8-12/h2-4,7-8,11,15-16H,1,5-6,9-10,19H2,(H,21,22). The summed E-state index contributed by atoms with van der Waals surface area (Å²) in [5.74, 6) is 0.108. The summed E-state index contributed by atoms with van der Waals surface area (Å²) in [5.41, 5.74) is 7.40. The van der Waals surface area contributed by atoms with Crippen LogP contribution in [0.3, 0.4) is 0 Å². The number of nitrogens with zero attached hydrogens (tertiary/aromatic N) is 1. The molecule has 3 N–H and O–H groups in total. The Bertz CT molecular complexity index is 723. The molecule has 0 aliphatic heterocycles. The molecular formula is C18H21N3O. The lowest BCUT2D eigenvalue weighted by atomic mass is 9.50. The van der Waals surface area contributed by atoms with Gasteiger partial charge in [-0.2, -0.15) is 0 Å². The first-order chi connectivity index (χ1) is 10.7. The number of benzene rings is 1. The fraction of sp³-hybridized carbons (Fsp3) is 0.444. The van der Waals surface area contributed by atoms with Crippen molar-refractivity contribution in [3.63, 3.8) is 0 Å². The molecule has 0 bridgehead atoms. The monoisotopic (exact) mass is 295 g/mol. The van der Waals surface area contributed by atoms with Crippen molar-refractivity contribution in [2.24, 2.45) is 11.1 Å². The van der Waals surface area contributed by atoms with Crippen molar-refractivity contribution >= 4 is 16.7 Å². The van der Waals surface area contributed by atoms with Gasteiger partial charge < -0.3 is 11.1 Å². The first kappa shape index (κ1) is 13.7. The van der Waals surface area contributed by atoms with E-state index < -0.39 is 0 Å². The van der Waals surface area contributed by atoms with Crippen LogP contribution in [0, 0.1) is 5.41 Å². The molecule has 0 saturated heterocycles. The summed E-state index contributed by atoms with van der Waals surface area (Å²) >= 11 is 0. The van der Waals surface area contributed by atoms with Gasteiger partial charge in [-0.15, -0.1) is 0 Å². The molecule has 2 unspecified atom stereocenters. The molecule has 0 radical (unpaired) electrons. The van der Waals surface area contributed by atoms with Gasteiger partial charge in [-0.3, -0.25) is 9.78 Å². The third kappa shape index (κ3) is 2.10. The van der Waals surface area contributed by atoms with Crippen molar-refractivity contribution < 1.29 is 4.79 Å². The topological polar surface area (TPSA) is 68.0 Å². The van der Waals surface area contributed by atoms with Crippen molar-refractivity contribution in [3.8, 4) is 0 Å². The average molecular weight is 295 g/mol. The Kier molecular flexibility index (Phi) is 3.15. The number of hydrogen-bond donors (Lipinski definition) is 2. The summed E-state index contributed by atoms with van der Waals surface area (Å²) in [6.07, 6.45) is 8.57. The van der Waals surface area contributed by atoms with E-state index in [4.69, 9.17) is 5.73 Å². The van der Waals surface area contributed by atoms with Crippen molar-refractivity contribution in [2.45, 2.75) is 44.2 Å². The molecule has 1 spiro atoms. The van der Waals surface area contributed by atoms with E-state index in [1.807, 2.05) is 24.4 Å². The lowest BCUT2D eigenvalue weighted by Crippen LogP contribution is -2.69. The number of aromatic nitrogens is 1. The normalized spacial score (nSPS) is 25.5. The second kappa shape index (κ2) is 5.06. The van der Waals surface area contributed by atoms with E-state index in [1.54, 1.807) is 6.20 Å². The van der Waals surface area contributed by atoms with E-state index >= 15 is 0 Å². The van der Waals surface area contributed by atoms with Gasteiger partial charge >= 0.3 is 0 Å². The van der Waals surface area contributed by atoms with Gasteiger partial charge in [0.1, 0.15) is 0 Å². The molecule has 1 aromatic carbocycles. The van der Waals surface area contributed by atoms with Gasteiger partial charge in [0.2, 0.25) is 5.91 Å². The SMILES string of the molecule is NC1CC(NC(=O)Cc2ccc3cnccc3c2)C12CCC2. The molecule has 4 rings (SSSR count). The fourth-order valence-electron chi connectivity index (χ4n) is 4.00. The van der Waals surface area contributed by atoms with Crippen LogP contribution in [0.25, 0.3) is 10.8 Å². The van der Waals surface area contributed by atoms with Crippen LogP contribution in [-0.2, 0) is 11.2 Å². The first-order valence-electron chi connectivity index (χ1n) is 8.05. The van der Waals surface area contributed by atoms with Gasteiger partial charge in [0.15, 0.2) is 0 Å². The van der Waals surface area contributed by atoms with Gasteiger partial charge in [0.05, 0.1) is 6.42 Å². The summed E-state index contributed by atoms with van der Waals surface area (Å²) < 4.78 is 0. The molecule has 2 aromatic rings. The summed E-state index contributed by atoms with van der Waals surface area (Å²) in [6, 6.07) is 8.65. The maximum atomic E-state index is 12.3. The maximum absolute atomic E-state index is 12.3. The van der Waals surface area contributed by atoms with Crippen molar-refractivity contribution in [3.05, 3.63) is 42.2 Å². The zero-order valence-electron chi connectivity index (χ0n) is 12.6. The summed E-state index contributed by atoms with van der Waals surface area (Å²) in [5, 5.41) is 5.43. The minimum absolute atomic E-state index is 0.108. The van der Waals surface area contributed by atoms with Crippen molar-refractivity contribution in [1.82, 2.24) is 10.3 Å². The van der Waals surface area contributed by atoms with Crippen LogP contribution in [-0.4, -0.2) is 23.0 Å². The number of hydrogen-bond acceptors (Lipinski definition) is 3. The van der Waals surface area contributed by atoms with E-state index in [0.717, 1.165) is 22.8 Å². The maximum Gasteiger partial charge on any atom is 0.224 e. The molecular weight excluding hydrogens is 274 g/mol. The molecule has 114 valence electrons. The van der Waals surface area contributed by atoms with E-state index in [1.165, 1.54) is 19.3 Å². The van der Waals surface area contributed by atoms with Crippen LogP contribution >= 0.6 is 0 Å². The number of nitrogens with one attached hydrogen (secondary N) is 1. The molecule has 2 saturated carbocycles. The summed E-state index contributed by atoms with van der Waals surface area (Å²) in [7, 11) is 0. The van der Waals surface area contributed by atoms with E-state index in [9.17, 15) is 4.79 Å². The number of amides is 1. The Hall–Kier alpha value is -1.94. The molecule has 2 aliphatic rings. The summed E-state index contributed by atoms with van der Waals surface area (Å²) in [6.45, 7) is 0. The molecule has 1 amide bonds. The van der Waals surface area contributed by atoms with Gasteiger partial charge in [0.25, 0.3) is 0 Å². The van der Waals surface area contributed by atoms with Crippen LogP contribution in [0.1, 0.15) is 31.2 Å². The van der Waals surface area contributed by atoms with E-state index in [2.05, 4.69) is 16.4 Å². The Labute approximate surface area is 130 Å². The Morgan fingerprint density at radius 1 is 1.32 bits per heavy atom. The van der Waals surface area contributed by atoms with Crippen molar-refractivity contribution in [2.75, 3.05) is 0 Å². The Morgan fingerprint density at radius 3 is 2.91 bits per heavy atom. The van der Waals surface area contributed by atoms with Crippen LogP contribution in [0.2, 0.25) is 0 Å². The minimum atomic E-state index is 0.108. The minimum Gasteiger partial charge on any atom is -0.352 e. The highest BCUT2D eigenvalue weighted by atomic mass is 16.1. The number of carbonyl (C=O) groups excluding carboxylic acids is 1. The highest BCUT2D eigenvalue weighted by Crippen LogP contribution is 2.55. The molecule has 4 nitrogen and oxygen atoms in total. The predicted octanol–water partition coefficient (Wildman–Crippen LogP) is 2.16. The summed E-state index contributed by atoms with van der Waals surface area (Å²) in [4.78, 5) is 16.4. The number of carbonyl (C=O) groups is 1. The van der Waals surface area contributed by atoms with Gasteiger partial charge in [-0.25, -0.2) is 0 Å². The van der Waals surface area contributed by atoms with Crippen LogP contribution < -0.4 is 11.1 Å². The second-order valence-corrected chi connectivity index (χ2v) is 6.78. The predicted molar refractivity (Wildman–Crippen MR) is 86.3 cm³/mol. The van der Waals surface area contributed by atoms with Crippen LogP contribution in [0.15, 0.2) is 36.7 Å². The van der Waals surface area contributed by atoms with E-state index in [-0.39, 0.29) is 23.4 Å². The van der Waals surface area contributed by atoms with Gasteiger partial charge in [-0.05, 0) is 36.3 Å². The number of fused-ring (bicyclic) bond motifs is 1. The highest BCUT2D eigenvalue weighted by molar-refractivity contribution is 5.85. The van der Waals surface area contributed by atoms with Crippen molar-refractivity contribution in [1.29, 1.82) is 0 Å². The second-order valence-electron chi connectivity index (χ2n) is 6.78. The number of pyridine rings is 1. The quantitative estimate of drug-likeness (QED) is 0.912. The molecule has 2 atom stereocenters. The fourth-order valence-corrected chi connectivity index (χ4v) is 4.00. The first-order valence-corrected chi connectivity index (χ1v) is 8.05. The average Bonchev–Trinajstić information content (AvgIpc) is 2.44. The third-order valence-electron chi connectivity index (χ3n) is 5.61. The number of rotatable bonds is 3.